The number of amides is 3. The summed E-state index contributed by atoms with van der Waals surface area (Å²) in [5, 5.41) is 15.1. The summed E-state index contributed by atoms with van der Waals surface area (Å²) in [6.45, 7) is 13.5. The molecule has 222 valence electrons. The SMILES string of the molecule is CC(C)[C@H](NC(=O)[C@H](CC(=O)OC(C)(C)C)NC(=O)CCNC(=O)c1ccc(C(=N)N)cc1)C(=O)OC(C)(C)C. The van der Waals surface area contributed by atoms with Gasteiger partial charge in [-0.05, 0) is 59.6 Å². The van der Waals surface area contributed by atoms with Gasteiger partial charge in [-0.15, -0.1) is 0 Å². The molecule has 1 aromatic carbocycles. The second kappa shape index (κ2) is 14.4. The van der Waals surface area contributed by atoms with Crippen molar-refractivity contribution in [3.8, 4) is 0 Å². The second-order valence-corrected chi connectivity index (χ2v) is 11.7. The molecule has 0 bridgehead atoms. The fourth-order valence-electron chi connectivity index (χ4n) is 3.34. The van der Waals surface area contributed by atoms with Gasteiger partial charge in [0.2, 0.25) is 11.8 Å². The lowest BCUT2D eigenvalue weighted by molar-refractivity contribution is -0.160. The molecule has 0 radical (unpaired) electrons. The number of hydrogen-bond acceptors (Lipinski definition) is 8. The Morgan fingerprint density at radius 1 is 0.875 bits per heavy atom. The number of nitrogen functional groups attached to an aromatic ring is 1. The van der Waals surface area contributed by atoms with Crippen molar-refractivity contribution in [1.29, 1.82) is 5.41 Å². The Bertz CT molecular complexity index is 1090. The molecule has 0 aromatic heterocycles. The van der Waals surface area contributed by atoms with Crippen molar-refractivity contribution >= 4 is 35.5 Å². The van der Waals surface area contributed by atoms with Crippen LogP contribution in [0.2, 0.25) is 0 Å². The zero-order valence-electron chi connectivity index (χ0n) is 24.6. The molecule has 0 heterocycles. The van der Waals surface area contributed by atoms with E-state index in [4.69, 9.17) is 20.6 Å². The van der Waals surface area contributed by atoms with Crippen molar-refractivity contribution in [1.82, 2.24) is 16.0 Å². The van der Waals surface area contributed by atoms with Crippen LogP contribution in [-0.2, 0) is 28.7 Å². The topological polar surface area (TPSA) is 190 Å². The number of esters is 2. The third kappa shape index (κ3) is 12.7. The Morgan fingerprint density at radius 2 is 1.40 bits per heavy atom. The zero-order valence-corrected chi connectivity index (χ0v) is 24.6. The van der Waals surface area contributed by atoms with Gasteiger partial charge in [-0.25, -0.2) is 4.79 Å². The van der Waals surface area contributed by atoms with E-state index in [0.29, 0.717) is 11.1 Å². The number of carbonyl (C=O) groups excluding carboxylic acids is 5. The third-order valence-electron chi connectivity index (χ3n) is 5.16. The highest BCUT2D eigenvalue weighted by Crippen LogP contribution is 2.14. The van der Waals surface area contributed by atoms with Gasteiger partial charge >= 0.3 is 11.9 Å². The quantitative estimate of drug-likeness (QED) is 0.145. The molecule has 0 aliphatic heterocycles. The summed E-state index contributed by atoms with van der Waals surface area (Å²) in [6.07, 6.45) is -0.655. The van der Waals surface area contributed by atoms with Gasteiger partial charge in [0.05, 0.1) is 6.42 Å². The predicted molar refractivity (Wildman–Crippen MR) is 149 cm³/mol. The van der Waals surface area contributed by atoms with Gasteiger partial charge < -0.3 is 31.2 Å². The summed E-state index contributed by atoms with van der Waals surface area (Å²) in [7, 11) is 0. The van der Waals surface area contributed by atoms with Crippen LogP contribution >= 0.6 is 0 Å². The Morgan fingerprint density at radius 3 is 1.88 bits per heavy atom. The zero-order chi connectivity index (χ0) is 30.8. The molecular weight excluding hydrogens is 518 g/mol. The van der Waals surface area contributed by atoms with Gasteiger partial charge in [-0.2, -0.15) is 0 Å². The Balaban J connectivity index is 2.90. The number of nitrogens with two attached hydrogens (primary N) is 1. The number of carbonyl (C=O) groups is 5. The maximum atomic E-state index is 13.2. The Kier molecular flexibility index (Phi) is 12.3. The average molecular weight is 562 g/mol. The van der Waals surface area contributed by atoms with E-state index >= 15 is 0 Å². The van der Waals surface area contributed by atoms with E-state index in [9.17, 15) is 24.0 Å². The fraction of sp³-hybridized carbons (Fsp3) is 0.571. The van der Waals surface area contributed by atoms with Gasteiger partial charge in [0.15, 0.2) is 0 Å². The van der Waals surface area contributed by atoms with Crippen LogP contribution < -0.4 is 21.7 Å². The first-order valence-electron chi connectivity index (χ1n) is 13.1. The summed E-state index contributed by atoms with van der Waals surface area (Å²) < 4.78 is 10.7. The second-order valence-electron chi connectivity index (χ2n) is 11.7. The minimum Gasteiger partial charge on any atom is -0.460 e. The van der Waals surface area contributed by atoms with E-state index in [2.05, 4.69) is 16.0 Å². The molecule has 40 heavy (non-hydrogen) atoms. The van der Waals surface area contributed by atoms with Gasteiger partial charge in [-0.3, -0.25) is 24.6 Å². The Hall–Kier alpha value is -3.96. The van der Waals surface area contributed by atoms with Crippen LogP contribution in [0, 0.1) is 11.3 Å². The molecular formula is C28H43N5O7. The number of hydrogen-bond donors (Lipinski definition) is 5. The highest BCUT2D eigenvalue weighted by molar-refractivity contribution is 5.98. The fourth-order valence-corrected chi connectivity index (χ4v) is 3.34. The molecule has 1 rings (SSSR count). The summed E-state index contributed by atoms with van der Waals surface area (Å²) >= 11 is 0. The maximum Gasteiger partial charge on any atom is 0.329 e. The van der Waals surface area contributed by atoms with Crippen LogP contribution in [-0.4, -0.2) is 65.3 Å². The van der Waals surface area contributed by atoms with Crippen molar-refractivity contribution in [2.45, 2.75) is 91.5 Å². The standard InChI is InChI=1S/C28H43N5O7/c1-16(2)22(26(38)40-28(6,7)8)33-25(37)19(15-21(35)39-27(3,4)5)32-20(34)13-14-31-24(36)18-11-9-17(10-12-18)23(29)30/h9-12,16,19,22H,13-15H2,1-8H3,(H3,29,30)(H,31,36)(H,32,34)(H,33,37)/t19-,22-/m0/s1. The largest absolute Gasteiger partial charge is 0.460 e. The maximum absolute atomic E-state index is 13.2. The van der Waals surface area contributed by atoms with Gasteiger partial charge in [0.25, 0.3) is 5.91 Å². The van der Waals surface area contributed by atoms with E-state index < -0.39 is 59.4 Å². The van der Waals surface area contributed by atoms with Crippen molar-refractivity contribution in [2.75, 3.05) is 6.54 Å². The summed E-state index contributed by atoms with van der Waals surface area (Å²) in [5.41, 5.74) is 4.60. The highest BCUT2D eigenvalue weighted by Gasteiger charge is 2.33. The summed E-state index contributed by atoms with van der Waals surface area (Å²) in [4.78, 5) is 63.4. The number of benzene rings is 1. The molecule has 0 saturated heterocycles. The highest BCUT2D eigenvalue weighted by atomic mass is 16.6. The van der Waals surface area contributed by atoms with Crippen LogP contribution in [0.4, 0.5) is 0 Å². The Labute approximate surface area is 235 Å². The van der Waals surface area contributed by atoms with Crippen LogP contribution in [0.25, 0.3) is 0 Å². The number of amidine groups is 1. The van der Waals surface area contributed by atoms with Crippen molar-refractivity contribution in [3.05, 3.63) is 35.4 Å². The first-order chi connectivity index (χ1) is 18.3. The van der Waals surface area contributed by atoms with Crippen molar-refractivity contribution in [3.63, 3.8) is 0 Å². The van der Waals surface area contributed by atoms with Gasteiger partial charge in [-0.1, -0.05) is 26.0 Å². The van der Waals surface area contributed by atoms with Gasteiger partial charge in [0, 0.05) is 24.1 Å². The monoisotopic (exact) mass is 561 g/mol. The summed E-state index contributed by atoms with van der Waals surface area (Å²) in [5.74, 6) is -3.61. The van der Waals surface area contributed by atoms with E-state index in [-0.39, 0.29) is 24.7 Å². The van der Waals surface area contributed by atoms with Crippen molar-refractivity contribution < 1.29 is 33.4 Å². The molecule has 0 saturated carbocycles. The minimum atomic E-state index is -1.33. The normalized spacial score (nSPS) is 13.0. The van der Waals surface area contributed by atoms with E-state index in [1.165, 1.54) is 24.3 Å². The molecule has 12 nitrogen and oxygen atoms in total. The predicted octanol–water partition coefficient (Wildman–Crippen LogP) is 1.79. The third-order valence-corrected chi connectivity index (χ3v) is 5.16. The molecule has 0 fully saturated rings. The average Bonchev–Trinajstić information content (AvgIpc) is 2.79. The molecule has 6 N–H and O–H groups in total. The van der Waals surface area contributed by atoms with E-state index in [0.717, 1.165) is 0 Å². The smallest absolute Gasteiger partial charge is 0.329 e. The van der Waals surface area contributed by atoms with Crippen LogP contribution in [0.5, 0.6) is 0 Å². The summed E-state index contributed by atoms with van der Waals surface area (Å²) in [6, 6.07) is 3.72. The van der Waals surface area contributed by atoms with Crippen molar-refractivity contribution in [2.24, 2.45) is 11.7 Å². The molecule has 3 amide bonds. The van der Waals surface area contributed by atoms with Gasteiger partial charge in [0.1, 0.15) is 29.1 Å². The molecule has 0 unspecified atom stereocenters. The lowest BCUT2D eigenvalue weighted by Crippen LogP contribution is -2.55. The lowest BCUT2D eigenvalue weighted by Gasteiger charge is -2.28. The van der Waals surface area contributed by atoms with Crippen LogP contribution in [0.3, 0.4) is 0 Å². The number of nitrogens with one attached hydrogen (secondary N) is 4. The molecule has 0 spiro atoms. The van der Waals surface area contributed by atoms with E-state index in [1.807, 2.05) is 0 Å². The minimum absolute atomic E-state index is 0.0492. The van der Waals surface area contributed by atoms with E-state index in [1.54, 1.807) is 55.4 Å². The van der Waals surface area contributed by atoms with Crippen LogP contribution in [0.1, 0.15) is 84.2 Å². The lowest BCUT2D eigenvalue weighted by atomic mass is 10.0. The molecule has 0 aliphatic rings. The molecule has 12 heteroatoms. The number of ether oxygens (including phenoxy) is 2. The molecule has 0 aliphatic carbocycles. The first-order valence-corrected chi connectivity index (χ1v) is 13.1. The first kappa shape index (κ1) is 34.1. The van der Waals surface area contributed by atoms with Crippen LogP contribution in [0.15, 0.2) is 24.3 Å². The molecule has 1 aromatic rings. The molecule has 2 atom stereocenters. The number of rotatable bonds is 12.